The molecule has 7 N–H and O–H groups in total. The lowest BCUT2D eigenvalue weighted by atomic mass is 10.1. The van der Waals surface area contributed by atoms with E-state index in [9.17, 15) is 29.1 Å². The first-order valence-electron chi connectivity index (χ1n) is 9.87. The fourth-order valence-corrected chi connectivity index (χ4v) is 3.40. The number of likely N-dealkylation sites (tertiary alicyclic amines) is 1. The molecule has 3 atom stereocenters. The first-order chi connectivity index (χ1) is 14.7. The van der Waals surface area contributed by atoms with Crippen molar-refractivity contribution in [2.45, 2.75) is 43.8 Å². The highest BCUT2D eigenvalue weighted by molar-refractivity contribution is 5.94. The van der Waals surface area contributed by atoms with Gasteiger partial charge < -0.3 is 32.1 Å². The summed E-state index contributed by atoms with van der Waals surface area (Å²) in [4.78, 5) is 60.8. The molecule has 0 saturated carbocycles. The highest BCUT2D eigenvalue weighted by Gasteiger charge is 2.36. The average Bonchev–Trinajstić information content (AvgIpc) is 3.21. The summed E-state index contributed by atoms with van der Waals surface area (Å²) >= 11 is 0. The minimum absolute atomic E-state index is 0.0957. The maximum Gasteiger partial charge on any atom is 0.326 e. The molecule has 31 heavy (non-hydrogen) atoms. The smallest absolute Gasteiger partial charge is 0.326 e. The SMILES string of the molecule is NC(=O)CC(N)C(=O)N1CCCC1C(=O)NCC(=O)NC(Cc1ccccc1)C(=O)O. The number of nitrogens with two attached hydrogens (primary N) is 2. The third-order valence-electron chi connectivity index (χ3n) is 4.92. The van der Waals surface area contributed by atoms with Crippen molar-refractivity contribution >= 4 is 29.6 Å². The number of carbonyl (C=O) groups is 5. The molecule has 11 heteroatoms. The van der Waals surface area contributed by atoms with E-state index in [2.05, 4.69) is 10.6 Å². The second-order valence-electron chi connectivity index (χ2n) is 7.33. The van der Waals surface area contributed by atoms with E-state index in [1.54, 1.807) is 30.3 Å². The van der Waals surface area contributed by atoms with Crippen LogP contribution in [-0.2, 0) is 30.4 Å². The highest BCUT2D eigenvalue weighted by atomic mass is 16.4. The van der Waals surface area contributed by atoms with Gasteiger partial charge in [-0.3, -0.25) is 19.2 Å². The Bertz CT molecular complexity index is 831. The Labute approximate surface area is 179 Å². The fraction of sp³-hybridized carbons (Fsp3) is 0.450. The van der Waals surface area contributed by atoms with Crippen LogP contribution in [0, 0.1) is 0 Å². The van der Waals surface area contributed by atoms with Crippen molar-refractivity contribution in [3.05, 3.63) is 35.9 Å². The Kier molecular flexibility index (Phi) is 8.50. The van der Waals surface area contributed by atoms with Crippen molar-refractivity contribution in [1.82, 2.24) is 15.5 Å². The summed E-state index contributed by atoms with van der Waals surface area (Å²) in [5.74, 6) is -3.70. The van der Waals surface area contributed by atoms with E-state index >= 15 is 0 Å². The standard InChI is InChI=1S/C20H27N5O6/c21-13(10-16(22)26)19(29)25-8-4-7-15(25)18(28)23-11-17(27)24-14(20(30)31)9-12-5-2-1-3-6-12/h1-3,5-6,13-15H,4,7-11,21H2,(H2,22,26)(H,23,28)(H,24,27)(H,30,31). The Balaban J connectivity index is 1.88. The Hall–Kier alpha value is -3.47. The summed E-state index contributed by atoms with van der Waals surface area (Å²) in [7, 11) is 0. The van der Waals surface area contributed by atoms with Crippen LogP contribution in [0.5, 0.6) is 0 Å². The van der Waals surface area contributed by atoms with Crippen molar-refractivity contribution in [3.8, 4) is 0 Å². The van der Waals surface area contributed by atoms with E-state index in [4.69, 9.17) is 11.5 Å². The van der Waals surface area contributed by atoms with Gasteiger partial charge in [-0.15, -0.1) is 0 Å². The summed E-state index contributed by atoms with van der Waals surface area (Å²) in [6.45, 7) is -0.142. The van der Waals surface area contributed by atoms with Gasteiger partial charge in [-0.1, -0.05) is 30.3 Å². The summed E-state index contributed by atoms with van der Waals surface area (Å²) in [6, 6.07) is 5.72. The zero-order chi connectivity index (χ0) is 23.0. The monoisotopic (exact) mass is 433 g/mol. The molecule has 1 aliphatic heterocycles. The molecule has 0 bridgehead atoms. The maximum absolute atomic E-state index is 12.5. The lowest BCUT2D eigenvalue weighted by Crippen LogP contribution is -2.53. The van der Waals surface area contributed by atoms with Gasteiger partial charge in [0.2, 0.25) is 23.6 Å². The van der Waals surface area contributed by atoms with Crippen LogP contribution in [0.25, 0.3) is 0 Å². The molecule has 11 nitrogen and oxygen atoms in total. The minimum atomic E-state index is -1.19. The van der Waals surface area contributed by atoms with Gasteiger partial charge in [0.25, 0.3) is 0 Å². The number of carboxylic acids is 1. The topological polar surface area (TPSA) is 185 Å². The number of nitrogens with zero attached hydrogens (tertiary/aromatic N) is 1. The Morgan fingerprint density at radius 3 is 2.45 bits per heavy atom. The molecule has 1 fully saturated rings. The summed E-state index contributed by atoms with van der Waals surface area (Å²) < 4.78 is 0. The van der Waals surface area contributed by atoms with Crippen LogP contribution in [0.3, 0.4) is 0 Å². The van der Waals surface area contributed by atoms with Gasteiger partial charge in [-0.25, -0.2) is 4.79 Å². The Morgan fingerprint density at radius 2 is 1.84 bits per heavy atom. The van der Waals surface area contributed by atoms with Crippen molar-refractivity contribution in [1.29, 1.82) is 0 Å². The van der Waals surface area contributed by atoms with E-state index in [1.165, 1.54) is 4.90 Å². The number of benzene rings is 1. The normalized spacial score (nSPS) is 17.5. The van der Waals surface area contributed by atoms with Crippen LogP contribution in [-0.4, -0.2) is 70.8 Å². The molecule has 2 rings (SSSR count). The Morgan fingerprint density at radius 1 is 1.16 bits per heavy atom. The molecule has 168 valence electrons. The second-order valence-corrected chi connectivity index (χ2v) is 7.33. The number of hydrogen-bond acceptors (Lipinski definition) is 6. The zero-order valence-corrected chi connectivity index (χ0v) is 17.0. The zero-order valence-electron chi connectivity index (χ0n) is 17.0. The molecule has 0 spiro atoms. The molecule has 1 saturated heterocycles. The molecule has 1 aliphatic rings. The van der Waals surface area contributed by atoms with Crippen LogP contribution in [0.4, 0.5) is 0 Å². The predicted molar refractivity (Wildman–Crippen MR) is 109 cm³/mol. The molecule has 0 aromatic heterocycles. The molecule has 3 unspecified atom stereocenters. The van der Waals surface area contributed by atoms with E-state index in [0.29, 0.717) is 19.4 Å². The van der Waals surface area contributed by atoms with Gasteiger partial charge in [0.1, 0.15) is 12.1 Å². The largest absolute Gasteiger partial charge is 0.480 e. The molecular formula is C20H27N5O6. The number of nitrogens with one attached hydrogen (secondary N) is 2. The number of carboxylic acid groups (broad SMARTS) is 1. The summed E-state index contributed by atoms with van der Waals surface area (Å²) in [6.07, 6.45) is 0.717. The van der Waals surface area contributed by atoms with Crippen LogP contribution in [0.15, 0.2) is 30.3 Å². The molecule has 1 aromatic rings. The predicted octanol–water partition coefficient (Wildman–Crippen LogP) is -1.89. The van der Waals surface area contributed by atoms with Crippen molar-refractivity contribution in [2.24, 2.45) is 11.5 Å². The van der Waals surface area contributed by atoms with E-state index < -0.39 is 54.3 Å². The molecule has 0 radical (unpaired) electrons. The summed E-state index contributed by atoms with van der Waals surface area (Å²) in [5.41, 5.74) is 11.5. The maximum atomic E-state index is 12.5. The molecule has 1 aromatic carbocycles. The number of aliphatic carboxylic acids is 1. The van der Waals surface area contributed by atoms with Crippen molar-refractivity contribution in [2.75, 3.05) is 13.1 Å². The second kappa shape index (κ2) is 11.1. The van der Waals surface area contributed by atoms with Gasteiger partial charge in [-0.2, -0.15) is 0 Å². The van der Waals surface area contributed by atoms with Gasteiger partial charge in [0.15, 0.2) is 0 Å². The van der Waals surface area contributed by atoms with Crippen molar-refractivity contribution in [3.63, 3.8) is 0 Å². The van der Waals surface area contributed by atoms with E-state index in [-0.39, 0.29) is 12.8 Å². The van der Waals surface area contributed by atoms with Crippen LogP contribution >= 0.6 is 0 Å². The van der Waals surface area contributed by atoms with Crippen molar-refractivity contribution < 1.29 is 29.1 Å². The molecular weight excluding hydrogens is 406 g/mol. The van der Waals surface area contributed by atoms with Gasteiger partial charge in [0, 0.05) is 13.0 Å². The molecule has 1 heterocycles. The highest BCUT2D eigenvalue weighted by Crippen LogP contribution is 2.18. The fourth-order valence-electron chi connectivity index (χ4n) is 3.40. The third kappa shape index (κ3) is 7.07. The summed E-state index contributed by atoms with van der Waals surface area (Å²) in [5, 5.41) is 14.2. The lowest BCUT2D eigenvalue weighted by molar-refractivity contribution is -0.142. The molecule has 4 amide bonds. The first-order valence-corrected chi connectivity index (χ1v) is 9.87. The van der Waals surface area contributed by atoms with Gasteiger partial charge in [0.05, 0.1) is 19.0 Å². The number of rotatable bonds is 10. The van der Waals surface area contributed by atoms with E-state index in [0.717, 1.165) is 5.56 Å². The third-order valence-corrected chi connectivity index (χ3v) is 4.92. The van der Waals surface area contributed by atoms with Crippen LogP contribution < -0.4 is 22.1 Å². The first kappa shape index (κ1) is 23.8. The number of primary amides is 1. The quantitative estimate of drug-likeness (QED) is 0.285. The lowest BCUT2D eigenvalue weighted by Gasteiger charge is -2.26. The molecule has 0 aliphatic carbocycles. The average molecular weight is 433 g/mol. The van der Waals surface area contributed by atoms with Gasteiger partial charge in [-0.05, 0) is 18.4 Å². The number of carbonyl (C=O) groups excluding carboxylic acids is 4. The van der Waals surface area contributed by atoms with Gasteiger partial charge >= 0.3 is 5.97 Å². The minimum Gasteiger partial charge on any atom is -0.480 e. The number of hydrogen-bond donors (Lipinski definition) is 5. The van der Waals surface area contributed by atoms with Crippen LogP contribution in [0.1, 0.15) is 24.8 Å². The van der Waals surface area contributed by atoms with E-state index in [1.807, 2.05) is 0 Å². The van der Waals surface area contributed by atoms with Crippen LogP contribution in [0.2, 0.25) is 0 Å². The number of amides is 4.